The van der Waals surface area contributed by atoms with Gasteiger partial charge in [0, 0.05) is 12.6 Å². The van der Waals surface area contributed by atoms with Gasteiger partial charge in [-0.05, 0) is 55.0 Å². The van der Waals surface area contributed by atoms with Crippen molar-refractivity contribution in [3.8, 4) is 5.75 Å². The van der Waals surface area contributed by atoms with Crippen molar-refractivity contribution in [2.75, 3.05) is 13.2 Å². The van der Waals surface area contributed by atoms with E-state index in [2.05, 4.69) is 36.5 Å². The van der Waals surface area contributed by atoms with Crippen LogP contribution in [0.3, 0.4) is 0 Å². The number of nitrogens with one attached hydrogen (secondary N) is 1. The summed E-state index contributed by atoms with van der Waals surface area (Å²) in [5.41, 5.74) is 4.06. The first-order chi connectivity index (χ1) is 11.2. The Labute approximate surface area is 150 Å². The minimum absolute atomic E-state index is 0. The Morgan fingerprint density at radius 3 is 2.62 bits per heavy atom. The van der Waals surface area contributed by atoms with Gasteiger partial charge in [-0.1, -0.05) is 36.4 Å². The topological polar surface area (TPSA) is 41.5 Å². The lowest BCUT2D eigenvalue weighted by atomic mass is 10.1. The van der Waals surface area contributed by atoms with E-state index in [1.807, 2.05) is 24.3 Å². The Bertz CT molecular complexity index is 633. The van der Waals surface area contributed by atoms with Crippen LogP contribution in [0.1, 0.15) is 36.1 Å². The molecule has 0 bridgehead atoms. The molecule has 0 aliphatic heterocycles. The molecule has 1 aliphatic rings. The van der Waals surface area contributed by atoms with E-state index in [1.54, 1.807) is 0 Å². The molecule has 0 saturated carbocycles. The van der Waals surface area contributed by atoms with Gasteiger partial charge < -0.3 is 15.2 Å². The average molecular weight is 348 g/mol. The predicted octanol–water partition coefficient (Wildman–Crippen LogP) is 3.69. The van der Waals surface area contributed by atoms with Gasteiger partial charge in [0.05, 0.1) is 0 Å². The molecule has 0 radical (unpaired) electrons. The highest BCUT2D eigenvalue weighted by Gasteiger charge is 2.13. The van der Waals surface area contributed by atoms with E-state index in [9.17, 15) is 5.11 Å². The summed E-state index contributed by atoms with van der Waals surface area (Å²) in [5.74, 6) is 0.862. The quantitative estimate of drug-likeness (QED) is 0.802. The van der Waals surface area contributed by atoms with Gasteiger partial charge in [0.25, 0.3) is 0 Å². The Hall–Kier alpha value is -1.55. The minimum Gasteiger partial charge on any atom is -0.491 e. The van der Waals surface area contributed by atoms with Gasteiger partial charge in [0.2, 0.25) is 0 Å². The molecule has 2 atom stereocenters. The van der Waals surface area contributed by atoms with Gasteiger partial charge in [-0.25, -0.2) is 0 Å². The monoisotopic (exact) mass is 347 g/mol. The van der Waals surface area contributed by atoms with Crippen LogP contribution in [0.2, 0.25) is 0 Å². The lowest BCUT2D eigenvalue weighted by molar-refractivity contribution is 0.104. The number of fused-ring (bicyclic) bond motifs is 1. The van der Waals surface area contributed by atoms with Gasteiger partial charge >= 0.3 is 0 Å². The number of ether oxygens (including phenoxy) is 1. The van der Waals surface area contributed by atoms with Gasteiger partial charge in [0.15, 0.2) is 0 Å². The number of aliphatic hydroxyl groups is 1. The van der Waals surface area contributed by atoms with Crippen LogP contribution < -0.4 is 10.1 Å². The molecule has 0 amide bonds. The highest BCUT2D eigenvalue weighted by atomic mass is 35.5. The maximum Gasteiger partial charge on any atom is 0.119 e. The molecule has 3 nitrogen and oxygen atoms in total. The zero-order valence-electron chi connectivity index (χ0n) is 14.1. The molecule has 2 aromatic rings. The molecule has 24 heavy (non-hydrogen) atoms. The second-order valence-corrected chi connectivity index (χ2v) is 6.29. The summed E-state index contributed by atoms with van der Waals surface area (Å²) in [7, 11) is 0. The van der Waals surface area contributed by atoms with E-state index < -0.39 is 6.10 Å². The van der Waals surface area contributed by atoms with Crippen molar-refractivity contribution >= 4 is 12.4 Å². The average Bonchev–Trinajstić information content (AvgIpc) is 3.06. The second kappa shape index (κ2) is 9.07. The Balaban J connectivity index is 0.00000208. The number of halogens is 1. The van der Waals surface area contributed by atoms with Crippen molar-refractivity contribution in [1.82, 2.24) is 5.32 Å². The molecule has 2 aromatic carbocycles. The summed E-state index contributed by atoms with van der Waals surface area (Å²) in [6, 6.07) is 16.7. The molecule has 2 unspecified atom stereocenters. The van der Waals surface area contributed by atoms with Crippen LogP contribution in [0, 0.1) is 0 Å². The van der Waals surface area contributed by atoms with E-state index in [0.29, 0.717) is 13.2 Å². The summed E-state index contributed by atoms with van der Waals surface area (Å²) >= 11 is 0. The van der Waals surface area contributed by atoms with E-state index in [1.165, 1.54) is 29.5 Å². The van der Waals surface area contributed by atoms with Crippen LogP contribution in [-0.4, -0.2) is 24.4 Å². The maximum absolute atomic E-state index is 10.1. The molecule has 0 fully saturated rings. The molecule has 0 aromatic heterocycles. The molecule has 4 heteroatoms. The third-order valence-electron chi connectivity index (χ3n) is 4.47. The number of rotatable bonds is 7. The van der Waals surface area contributed by atoms with Crippen LogP contribution in [0.5, 0.6) is 5.75 Å². The fourth-order valence-electron chi connectivity index (χ4n) is 3.06. The number of hydrogen-bond donors (Lipinski definition) is 2. The smallest absolute Gasteiger partial charge is 0.119 e. The number of aryl methyl sites for hydroxylation is 2. The van der Waals surface area contributed by atoms with Crippen LogP contribution in [0.4, 0.5) is 0 Å². The van der Waals surface area contributed by atoms with Crippen LogP contribution in [-0.2, 0) is 12.8 Å². The highest BCUT2D eigenvalue weighted by molar-refractivity contribution is 5.85. The number of hydrogen-bond acceptors (Lipinski definition) is 3. The summed E-state index contributed by atoms with van der Waals surface area (Å²) in [4.78, 5) is 0. The SMILES string of the molecule is CC(NCC(O)COc1ccc2c(c1)CCC2)c1ccccc1.Cl. The van der Waals surface area contributed by atoms with Crippen molar-refractivity contribution in [2.45, 2.75) is 38.3 Å². The standard InChI is InChI=1S/C20H25NO2.ClH/c1-15(16-6-3-2-4-7-16)21-13-19(22)14-23-20-11-10-17-8-5-9-18(17)12-20;/h2-4,6-7,10-12,15,19,21-22H,5,8-9,13-14H2,1H3;1H. The van der Waals surface area contributed by atoms with Crippen LogP contribution >= 0.6 is 12.4 Å². The normalized spacial score (nSPS) is 15.2. The first-order valence-corrected chi connectivity index (χ1v) is 8.43. The number of aliphatic hydroxyl groups excluding tert-OH is 1. The summed E-state index contributed by atoms with van der Waals surface area (Å²) in [6.45, 7) is 2.93. The minimum atomic E-state index is -0.519. The molecule has 130 valence electrons. The molecule has 1 aliphatic carbocycles. The van der Waals surface area contributed by atoms with E-state index in [-0.39, 0.29) is 18.4 Å². The van der Waals surface area contributed by atoms with Crippen LogP contribution in [0.25, 0.3) is 0 Å². The van der Waals surface area contributed by atoms with Crippen molar-refractivity contribution in [3.05, 3.63) is 65.2 Å². The highest BCUT2D eigenvalue weighted by Crippen LogP contribution is 2.26. The number of benzene rings is 2. The van der Waals surface area contributed by atoms with Crippen molar-refractivity contribution in [1.29, 1.82) is 0 Å². The van der Waals surface area contributed by atoms with E-state index in [0.717, 1.165) is 12.2 Å². The lowest BCUT2D eigenvalue weighted by Gasteiger charge is -2.18. The maximum atomic E-state index is 10.1. The van der Waals surface area contributed by atoms with Gasteiger partial charge in [0.1, 0.15) is 18.5 Å². The summed E-state index contributed by atoms with van der Waals surface area (Å²) in [5, 5.41) is 13.5. The molecular weight excluding hydrogens is 322 g/mol. The molecular formula is C20H26ClNO2. The Kier molecular flexibility index (Phi) is 7.10. The molecule has 0 spiro atoms. The fourth-order valence-corrected chi connectivity index (χ4v) is 3.06. The van der Waals surface area contributed by atoms with Gasteiger partial charge in [-0.2, -0.15) is 0 Å². The Morgan fingerprint density at radius 2 is 1.83 bits per heavy atom. The fraction of sp³-hybridized carbons (Fsp3) is 0.400. The molecule has 0 heterocycles. The summed E-state index contributed by atoms with van der Waals surface area (Å²) < 4.78 is 5.74. The third kappa shape index (κ3) is 4.97. The van der Waals surface area contributed by atoms with Gasteiger partial charge in [-0.15, -0.1) is 12.4 Å². The van der Waals surface area contributed by atoms with Crippen molar-refractivity contribution < 1.29 is 9.84 Å². The van der Waals surface area contributed by atoms with Crippen molar-refractivity contribution in [3.63, 3.8) is 0 Å². The zero-order chi connectivity index (χ0) is 16.1. The Morgan fingerprint density at radius 1 is 1.08 bits per heavy atom. The molecule has 2 N–H and O–H groups in total. The van der Waals surface area contributed by atoms with E-state index in [4.69, 9.17) is 4.74 Å². The lowest BCUT2D eigenvalue weighted by Crippen LogP contribution is -2.33. The van der Waals surface area contributed by atoms with E-state index >= 15 is 0 Å². The second-order valence-electron chi connectivity index (χ2n) is 6.29. The summed E-state index contributed by atoms with van der Waals surface area (Å²) in [6.07, 6.45) is 3.04. The van der Waals surface area contributed by atoms with Crippen LogP contribution in [0.15, 0.2) is 48.5 Å². The predicted molar refractivity (Wildman–Crippen MR) is 100 cm³/mol. The largest absolute Gasteiger partial charge is 0.491 e. The third-order valence-corrected chi connectivity index (χ3v) is 4.47. The first kappa shape index (κ1) is 18.8. The molecule has 0 saturated heterocycles. The first-order valence-electron chi connectivity index (χ1n) is 8.43. The van der Waals surface area contributed by atoms with Crippen molar-refractivity contribution in [2.24, 2.45) is 0 Å². The van der Waals surface area contributed by atoms with Gasteiger partial charge in [-0.3, -0.25) is 0 Å². The molecule has 3 rings (SSSR count). The zero-order valence-corrected chi connectivity index (χ0v) is 14.9.